The molecule has 0 fully saturated rings. The summed E-state index contributed by atoms with van der Waals surface area (Å²) < 4.78 is 5.94. The van der Waals surface area contributed by atoms with Gasteiger partial charge in [-0.25, -0.2) is 9.78 Å². The summed E-state index contributed by atoms with van der Waals surface area (Å²) >= 11 is 1.17. The molecule has 2 N–H and O–H groups in total. The van der Waals surface area contributed by atoms with Crippen LogP contribution in [0.5, 0.6) is 5.75 Å². The summed E-state index contributed by atoms with van der Waals surface area (Å²) in [5.74, 6) is 5.33. The second kappa shape index (κ2) is 6.72. The lowest BCUT2D eigenvalue weighted by molar-refractivity contribution is 0.0696. The number of carboxylic acid groups (broad SMARTS) is 1. The van der Waals surface area contributed by atoms with Gasteiger partial charge in [-0.2, -0.15) is 0 Å². The molecule has 1 atom stereocenters. The maximum absolute atomic E-state index is 11.4. The molecular weight excluding hydrogens is 352 g/mol. The minimum atomic E-state index is -1.10. The van der Waals surface area contributed by atoms with Gasteiger partial charge in [0.1, 0.15) is 18.0 Å². The van der Waals surface area contributed by atoms with E-state index in [0.717, 1.165) is 10.4 Å². The van der Waals surface area contributed by atoms with Gasteiger partial charge in [-0.1, -0.05) is 11.8 Å². The highest BCUT2D eigenvalue weighted by Crippen LogP contribution is 2.42. The monoisotopic (exact) mass is 372 g/mol. The van der Waals surface area contributed by atoms with Crippen LogP contribution in [0, 0.1) is 11.8 Å². The largest absolute Gasteiger partial charge is 0.491 e. The summed E-state index contributed by atoms with van der Waals surface area (Å²) in [7, 11) is 3.85. The maximum Gasteiger partial charge on any atom is 0.365 e. The molecule has 2 aromatic rings. The Labute approximate surface area is 156 Å². The number of benzene rings is 1. The molecule has 0 saturated heterocycles. The smallest absolute Gasteiger partial charge is 0.365 e. The van der Waals surface area contributed by atoms with Crippen molar-refractivity contribution in [3.63, 3.8) is 0 Å². The summed E-state index contributed by atoms with van der Waals surface area (Å²) in [6.07, 6.45) is 0. The lowest BCUT2D eigenvalue weighted by Gasteiger charge is -2.21. The molecule has 0 bridgehead atoms. The third kappa shape index (κ3) is 3.73. The zero-order chi connectivity index (χ0) is 19.1. The van der Waals surface area contributed by atoms with Crippen LogP contribution in [0.15, 0.2) is 18.2 Å². The Balaban J connectivity index is 2.16. The lowest BCUT2D eigenvalue weighted by Crippen LogP contribution is -2.24. The van der Waals surface area contributed by atoms with Gasteiger partial charge >= 0.3 is 5.97 Å². The highest BCUT2D eigenvalue weighted by Gasteiger charge is 2.30. The van der Waals surface area contributed by atoms with Gasteiger partial charge in [0.15, 0.2) is 0 Å². The van der Waals surface area contributed by atoms with E-state index in [0.29, 0.717) is 23.6 Å². The Hall–Kier alpha value is -2.40. The number of carboxylic acids is 1. The Morgan fingerprint density at radius 3 is 2.77 bits per heavy atom. The van der Waals surface area contributed by atoms with Crippen molar-refractivity contribution in [2.75, 3.05) is 20.7 Å². The zero-order valence-corrected chi connectivity index (χ0v) is 15.8. The zero-order valence-electron chi connectivity index (χ0n) is 15.0. The van der Waals surface area contributed by atoms with E-state index in [-0.39, 0.29) is 11.0 Å². The number of rotatable bonds is 2. The molecule has 136 valence electrons. The second-order valence-electron chi connectivity index (χ2n) is 6.85. The molecular formula is C19H20N2O4S. The number of likely N-dealkylation sites (N-methyl/N-ethyl adjacent to an activating group) is 1. The minimum absolute atomic E-state index is 0.0580. The number of aliphatic hydroxyl groups is 1. The number of thiazole rings is 1. The number of nitrogens with zero attached hydrogens (tertiary/aromatic N) is 2. The highest BCUT2D eigenvalue weighted by atomic mass is 32.1. The molecule has 0 spiro atoms. The summed E-state index contributed by atoms with van der Waals surface area (Å²) in [5.41, 5.74) is 0.941. The van der Waals surface area contributed by atoms with Gasteiger partial charge in [-0.15, -0.1) is 11.3 Å². The Kier molecular flexibility index (Phi) is 4.76. The number of aromatic carboxylic acids is 1. The van der Waals surface area contributed by atoms with E-state index in [9.17, 15) is 15.0 Å². The first-order chi connectivity index (χ1) is 12.2. The SMILES string of the molecule is CN(C)C1COc2ccc(C#CC(C)(C)O)cc2-c2nc(C(=O)O)sc21. The second-order valence-corrected chi connectivity index (χ2v) is 7.88. The van der Waals surface area contributed by atoms with Crippen LogP contribution in [-0.2, 0) is 0 Å². The average molecular weight is 372 g/mol. The first kappa shape index (κ1) is 18.4. The highest BCUT2D eigenvalue weighted by molar-refractivity contribution is 7.14. The molecule has 1 aliphatic heterocycles. The van der Waals surface area contributed by atoms with Gasteiger partial charge in [0.05, 0.1) is 16.6 Å². The summed E-state index contributed by atoms with van der Waals surface area (Å²) in [5, 5.41) is 19.2. The van der Waals surface area contributed by atoms with E-state index < -0.39 is 11.6 Å². The van der Waals surface area contributed by atoms with Crippen LogP contribution >= 0.6 is 11.3 Å². The summed E-state index contributed by atoms with van der Waals surface area (Å²) in [6, 6.07) is 5.37. The van der Waals surface area contributed by atoms with Gasteiger partial charge in [0.2, 0.25) is 5.01 Å². The molecule has 3 rings (SSSR count). The maximum atomic E-state index is 11.4. The molecule has 6 nitrogen and oxygen atoms in total. The third-order valence-electron chi connectivity index (χ3n) is 3.91. The van der Waals surface area contributed by atoms with Gasteiger partial charge in [-0.05, 0) is 46.1 Å². The molecule has 1 aromatic carbocycles. The van der Waals surface area contributed by atoms with Crippen molar-refractivity contribution in [1.29, 1.82) is 0 Å². The van der Waals surface area contributed by atoms with Crippen LogP contribution in [0.2, 0.25) is 0 Å². The van der Waals surface area contributed by atoms with Crippen molar-refractivity contribution in [3.8, 4) is 28.8 Å². The minimum Gasteiger partial charge on any atom is -0.491 e. The number of hydrogen-bond donors (Lipinski definition) is 2. The fourth-order valence-electron chi connectivity index (χ4n) is 2.61. The van der Waals surface area contributed by atoms with E-state index in [1.54, 1.807) is 13.8 Å². The fourth-order valence-corrected chi connectivity index (χ4v) is 3.71. The van der Waals surface area contributed by atoms with Crippen molar-refractivity contribution in [1.82, 2.24) is 9.88 Å². The van der Waals surface area contributed by atoms with Gasteiger partial charge in [0.25, 0.3) is 0 Å². The van der Waals surface area contributed by atoms with E-state index in [4.69, 9.17) is 4.74 Å². The van der Waals surface area contributed by atoms with Crippen molar-refractivity contribution in [2.45, 2.75) is 25.5 Å². The molecule has 0 amide bonds. The third-order valence-corrected chi connectivity index (χ3v) is 5.05. The van der Waals surface area contributed by atoms with E-state index >= 15 is 0 Å². The predicted octanol–water partition coefficient (Wildman–Crippen LogP) is 2.63. The summed E-state index contributed by atoms with van der Waals surface area (Å²) in [4.78, 5) is 18.6. The topological polar surface area (TPSA) is 82.9 Å². The van der Waals surface area contributed by atoms with Crippen molar-refractivity contribution < 1.29 is 19.7 Å². The molecule has 2 heterocycles. The van der Waals surface area contributed by atoms with E-state index in [1.807, 2.05) is 37.2 Å². The molecule has 7 heteroatoms. The fraction of sp³-hybridized carbons (Fsp3) is 0.368. The number of aromatic nitrogens is 1. The quantitative estimate of drug-likeness (QED) is 0.789. The Morgan fingerprint density at radius 1 is 1.42 bits per heavy atom. The van der Waals surface area contributed by atoms with Crippen molar-refractivity contribution in [2.24, 2.45) is 0 Å². The average Bonchev–Trinajstić information content (AvgIpc) is 2.92. The van der Waals surface area contributed by atoms with Crippen molar-refractivity contribution >= 4 is 17.3 Å². The molecule has 0 saturated carbocycles. The van der Waals surface area contributed by atoms with Gasteiger partial charge in [-0.3, -0.25) is 4.90 Å². The molecule has 1 aliphatic rings. The number of ether oxygens (including phenoxy) is 1. The number of fused-ring (bicyclic) bond motifs is 3. The standard InChI is InChI=1S/C19H20N2O4S/c1-19(2,24)8-7-11-5-6-14-12(9-11)15-16(13(10-25-14)21(3)4)26-17(20-15)18(22)23/h5-6,9,13,24H,10H2,1-4H3,(H,22,23). The first-order valence-corrected chi connectivity index (χ1v) is 8.90. The van der Waals surface area contributed by atoms with Crippen LogP contribution < -0.4 is 4.74 Å². The summed E-state index contributed by atoms with van der Waals surface area (Å²) in [6.45, 7) is 3.64. The molecule has 1 unspecified atom stereocenters. The molecule has 26 heavy (non-hydrogen) atoms. The molecule has 0 aliphatic carbocycles. The van der Waals surface area contributed by atoms with E-state index in [2.05, 4.69) is 16.8 Å². The van der Waals surface area contributed by atoms with Crippen LogP contribution in [0.3, 0.4) is 0 Å². The lowest BCUT2D eigenvalue weighted by atomic mass is 10.0. The molecule has 1 aromatic heterocycles. The van der Waals surface area contributed by atoms with Crippen molar-refractivity contribution in [3.05, 3.63) is 33.6 Å². The van der Waals surface area contributed by atoms with Crippen LogP contribution in [-0.4, -0.2) is 52.4 Å². The number of hydrogen-bond acceptors (Lipinski definition) is 6. The predicted molar refractivity (Wildman–Crippen MR) is 99.6 cm³/mol. The Morgan fingerprint density at radius 2 is 2.15 bits per heavy atom. The van der Waals surface area contributed by atoms with Crippen LogP contribution in [0.4, 0.5) is 0 Å². The van der Waals surface area contributed by atoms with Crippen LogP contribution in [0.1, 0.15) is 40.1 Å². The first-order valence-electron chi connectivity index (χ1n) is 8.09. The van der Waals surface area contributed by atoms with Gasteiger partial charge < -0.3 is 14.9 Å². The Bertz CT molecular complexity index is 916. The van der Waals surface area contributed by atoms with Gasteiger partial charge in [0, 0.05) is 11.1 Å². The van der Waals surface area contributed by atoms with E-state index in [1.165, 1.54) is 11.3 Å². The number of carbonyl (C=O) groups is 1. The van der Waals surface area contributed by atoms with Crippen LogP contribution in [0.25, 0.3) is 11.3 Å². The normalized spacial score (nSPS) is 16.0. The molecule has 0 radical (unpaired) electrons.